The smallest absolute Gasteiger partial charge is 0.0247 e. The Bertz CT molecular complexity index is 233. The third-order valence-corrected chi connectivity index (χ3v) is 1.78. The van der Waals surface area contributed by atoms with Crippen LogP contribution >= 0.6 is 0 Å². The normalized spacial score (nSPS) is 9.80. The van der Waals surface area contributed by atoms with Crippen LogP contribution in [0.15, 0.2) is 18.8 Å². The predicted molar refractivity (Wildman–Crippen MR) is 44.9 cm³/mol. The molecule has 54 valence electrons. The number of hydrogen-bond donors (Lipinski definition) is 0. The first-order chi connectivity index (χ1) is 4.79. The molecule has 0 amide bonds. The summed E-state index contributed by atoms with van der Waals surface area (Å²) >= 11 is 0. The molecule has 1 aromatic rings. The molecule has 0 unspecified atom stereocenters. The summed E-state index contributed by atoms with van der Waals surface area (Å²) in [6, 6.07) is 2.11. The van der Waals surface area contributed by atoms with Gasteiger partial charge in [-0.3, -0.25) is 0 Å². The molecule has 1 aromatic heterocycles. The molecule has 1 heteroatoms. The largest absolute Gasteiger partial charge is 0.328 e. The second kappa shape index (κ2) is 2.74. The minimum atomic E-state index is 1.07. The van der Waals surface area contributed by atoms with Crippen LogP contribution in [0.4, 0.5) is 0 Å². The van der Waals surface area contributed by atoms with Crippen LogP contribution in [0.5, 0.6) is 0 Å². The molecule has 0 fully saturated rings. The van der Waals surface area contributed by atoms with E-state index in [4.69, 9.17) is 0 Å². The van der Waals surface area contributed by atoms with Gasteiger partial charge in [0, 0.05) is 18.1 Å². The lowest BCUT2D eigenvalue weighted by Gasteiger charge is -2.00. The number of hydrogen-bond acceptors (Lipinski definition) is 0. The van der Waals surface area contributed by atoms with E-state index in [0.717, 1.165) is 6.42 Å². The van der Waals surface area contributed by atoms with Crippen molar-refractivity contribution in [2.45, 2.75) is 20.3 Å². The summed E-state index contributed by atoms with van der Waals surface area (Å²) < 4.78 is 2.06. The number of aryl methyl sites for hydroxylation is 1. The van der Waals surface area contributed by atoms with Gasteiger partial charge >= 0.3 is 0 Å². The van der Waals surface area contributed by atoms with E-state index in [0.29, 0.717) is 0 Å². The summed E-state index contributed by atoms with van der Waals surface area (Å²) in [5, 5.41) is 0. The van der Waals surface area contributed by atoms with Crippen LogP contribution in [0, 0.1) is 6.92 Å². The fourth-order valence-electron chi connectivity index (χ4n) is 1.21. The van der Waals surface area contributed by atoms with Crippen molar-refractivity contribution in [3.63, 3.8) is 0 Å². The highest BCUT2D eigenvalue weighted by atomic mass is 14.9. The van der Waals surface area contributed by atoms with Gasteiger partial charge in [0.2, 0.25) is 0 Å². The van der Waals surface area contributed by atoms with Gasteiger partial charge in [-0.15, -0.1) is 0 Å². The lowest BCUT2D eigenvalue weighted by atomic mass is 10.2. The summed E-state index contributed by atoms with van der Waals surface area (Å²) in [7, 11) is 0. The van der Waals surface area contributed by atoms with Crippen molar-refractivity contribution in [1.82, 2.24) is 4.57 Å². The van der Waals surface area contributed by atoms with Gasteiger partial charge in [-0.2, -0.15) is 0 Å². The zero-order chi connectivity index (χ0) is 7.56. The zero-order valence-electron chi connectivity index (χ0n) is 6.59. The molecule has 0 bridgehead atoms. The van der Waals surface area contributed by atoms with Crippen LogP contribution in [0.1, 0.15) is 18.2 Å². The number of nitrogens with zero attached hydrogens (tertiary/aromatic N) is 1. The third kappa shape index (κ3) is 0.991. The van der Waals surface area contributed by atoms with Crippen molar-refractivity contribution in [3.05, 3.63) is 30.1 Å². The fourth-order valence-corrected chi connectivity index (χ4v) is 1.21. The third-order valence-electron chi connectivity index (χ3n) is 1.78. The molecule has 0 N–H and O–H groups in total. The molecule has 1 nitrogen and oxygen atoms in total. The molecule has 0 aliphatic carbocycles. The molecule has 0 saturated heterocycles. The quantitative estimate of drug-likeness (QED) is 0.587. The maximum atomic E-state index is 3.72. The van der Waals surface area contributed by atoms with Gasteiger partial charge in [-0.1, -0.05) is 13.5 Å². The van der Waals surface area contributed by atoms with E-state index in [1.54, 1.807) is 0 Å². The fraction of sp³-hybridized carbons (Fsp3) is 0.333. The van der Waals surface area contributed by atoms with Crippen molar-refractivity contribution in [2.75, 3.05) is 0 Å². The molecule has 0 atom stereocenters. The van der Waals surface area contributed by atoms with E-state index in [-0.39, 0.29) is 0 Å². The van der Waals surface area contributed by atoms with Crippen molar-refractivity contribution >= 4 is 6.20 Å². The monoisotopic (exact) mass is 135 g/mol. The van der Waals surface area contributed by atoms with Crippen molar-refractivity contribution in [3.8, 4) is 0 Å². The topological polar surface area (TPSA) is 4.93 Å². The molecular formula is C9H13N. The summed E-state index contributed by atoms with van der Waals surface area (Å²) in [5.41, 5.74) is 2.71. The van der Waals surface area contributed by atoms with Crippen LogP contribution in [-0.2, 0) is 6.42 Å². The SMILES string of the molecule is C=Cn1ccc(C)c1CC. The van der Waals surface area contributed by atoms with Gasteiger partial charge < -0.3 is 4.57 Å². The van der Waals surface area contributed by atoms with Crippen LogP contribution < -0.4 is 0 Å². The Kier molecular flexibility index (Phi) is 1.95. The molecule has 0 aliphatic rings. The Morgan fingerprint density at radius 2 is 2.40 bits per heavy atom. The van der Waals surface area contributed by atoms with Crippen molar-refractivity contribution in [1.29, 1.82) is 0 Å². The minimum Gasteiger partial charge on any atom is -0.328 e. The molecular weight excluding hydrogens is 122 g/mol. The molecule has 1 rings (SSSR count). The van der Waals surface area contributed by atoms with E-state index in [1.165, 1.54) is 11.3 Å². The van der Waals surface area contributed by atoms with E-state index >= 15 is 0 Å². The van der Waals surface area contributed by atoms with Gasteiger partial charge in [0.25, 0.3) is 0 Å². The summed E-state index contributed by atoms with van der Waals surface area (Å²) in [4.78, 5) is 0. The minimum absolute atomic E-state index is 1.07. The Morgan fingerprint density at radius 1 is 1.70 bits per heavy atom. The second-order valence-corrected chi connectivity index (χ2v) is 2.39. The molecule has 1 heterocycles. The molecule has 0 spiro atoms. The first kappa shape index (κ1) is 7.13. The first-order valence-electron chi connectivity index (χ1n) is 3.58. The van der Waals surface area contributed by atoms with Crippen molar-refractivity contribution < 1.29 is 0 Å². The zero-order valence-corrected chi connectivity index (χ0v) is 6.59. The van der Waals surface area contributed by atoms with Gasteiger partial charge in [0.1, 0.15) is 0 Å². The van der Waals surface area contributed by atoms with Gasteiger partial charge in [-0.05, 0) is 25.0 Å². The second-order valence-electron chi connectivity index (χ2n) is 2.39. The molecule has 0 radical (unpaired) electrons. The van der Waals surface area contributed by atoms with Gasteiger partial charge in [0.15, 0.2) is 0 Å². The summed E-state index contributed by atoms with van der Waals surface area (Å²) in [6.07, 6.45) is 4.96. The summed E-state index contributed by atoms with van der Waals surface area (Å²) in [5.74, 6) is 0. The van der Waals surface area contributed by atoms with E-state index in [1.807, 2.05) is 12.4 Å². The lowest BCUT2D eigenvalue weighted by molar-refractivity contribution is 0.966. The van der Waals surface area contributed by atoms with Gasteiger partial charge in [0.05, 0.1) is 0 Å². The van der Waals surface area contributed by atoms with E-state index in [2.05, 4.69) is 31.1 Å². The Morgan fingerprint density at radius 3 is 2.80 bits per heavy atom. The first-order valence-corrected chi connectivity index (χ1v) is 3.58. The number of aromatic nitrogens is 1. The van der Waals surface area contributed by atoms with E-state index in [9.17, 15) is 0 Å². The molecule has 0 aromatic carbocycles. The highest BCUT2D eigenvalue weighted by Gasteiger charge is 1.98. The van der Waals surface area contributed by atoms with Crippen LogP contribution in [0.25, 0.3) is 6.20 Å². The lowest BCUT2D eigenvalue weighted by Crippen LogP contribution is -1.91. The average molecular weight is 135 g/mol. The van der Waals surface area contributed by atoms with Crippen LogP contribution in [0.3, 0.4) is 0 Å². The Labute approximate surface area is 62.0 Å². The average Bonchev–Trinajstić information content (AvgIpc) is 2.30. The Hall–Kier alpha value is -0.980. The van der Waals surface area contributed by atoms with Crippen LogP contribution in [-0.4, -0.2) is 4.57 Å². The predicted octanol–water partition coefficient (Wildman–Crippen LogP) is 2.46. The highest BCUT2D eigenvalue weighted by molar-refractivity contribution is 5.30. The highest BCUT2D eigenvalue weighted by Crippen LogP contribution is 2.09. The molecule has 0 saturated carbocycles. The molecule has 0 aliphatic heterocycles. The van der Waals surface area contributed by atoms with Crippen LogP contribution in [0.2, 0.25) is 0 Å². The maximum Gasteiger partial charge on any atom is 0.0247 e. The van der Waals surface area contributed by atoms with E-state index < -0.39 is 0 Å². The van der Waals surface area contributed by atoms with Crippen molar-refractivity contribution in [2.24, 2.45) is 0 Å². The molecule has 10 heavy (non-hydrogen) atoms. The standard InChI is InChI=1S/C9H13N/c1-4-9-8(3)6-7-10(9)5-2/h5-7H,2,4H2,1,3H3. The Balaban J connectivity index is 3.12. The maximum absolute atomic E-state index is 3.72. The summed E-state index contributed by atoms with van der Waals surface area (Å²) in [6.45, 7) is 7.99. The van der Waals surface area contributed by atoms with Gasteiger partial charge in [-0.25, -0.2) is 0 Å². The number of rotatable bonds is 2.